The topological polar surface area (TPSA) is 167 Å². The second-order valence-corrected chi connectivity index (χ2v) is 14.7. The van der Waals surface area contributed by atoms with E-state index in [-0.39, 0.29) is 24.6 Å². The van der Waals surface area contributed by atoms with Crippen LogP contribution in [0.1, 0.15) is 75.3 Å². The molecule has 0 radical (unpaired) electrons. The van der Waals surface area contributed by atoms with E-state index in [9.17, 15) is 24.3 Å². The molecule has 4 amide bonds. The van der Waals surface area contributed by atoms with Gasteiger partial charge in [0.15, 0.2) is 0 Å². The molecule has 2 heterocycles. The van der Waals surface area contributed by atoms with Crippen molar-refractivity contribution in [1.29, 1.82) is 0 Å². The number of carbonyl (C=O) groups is 4. The summed E-state index contributed by atoms with van der Waals surface area (Å²) in [4.78, 5) is 59.3. The van der Waals surface area contributed by atoms with Gasteiger partial charge in [0.2, 0.25) is 17.7 Å². The Bertz CT molecular complexity index is 1630. The van der Waals surface area contributed by atoms with Crippen LogP contribution in [0.15, 0.2) is 66.7 Å². The van der Waals surface area contributed by atoms with Crippen molar-refractivity contribution in [2.75, 3.05) is 13.1 Å². The Kier molecular flexibility index (Phi) is 11.7. The van der Waals surface area contributed by atoms with Gasteiger partial charge in [0.1, 0.15) is 11.7 Å². The number of nitrogens with zero attached hydrogens (tertiary/aromatic N) is 2. The molecule has 1 aliphatic carbocycles. The zero-order chi connectivity index (χ0) is 35.1. The van der Waals surface area contributed by atoms with E-state index in [4.69, 9.17) is 5.73 Å². The first kappa shape index (κ1) is 35.9. The maximum absolute atomic E-state index is 13.8. The van der Waals surface area contributed by atoms with E-state index < -0.39 is 53.9 Å². The van der Waals surface area contributed by atoms with Crippen LogP contribution in [0.3, 0.4) is 0 Å². The lowest BCUT2D eigenvalue weighted by Gasteiger charge is -2.47. The van der Waals surface area contributed by atoms with Crippen molar-refractivity contribution in [3.63, 3.8) is 0 Å². The van der Waals surface area contributed by atoms with Gasteiger partial charge in [0.25, 0.3) is 5.91 Å². The number of amides is 4. The number of likely N-dealkylation sites (tertiary alicyclic amines) is 1. The van der Waals surface area contributed by atoms with E-state index in [0.717, 1.165) is 36.6 Å². The first-order chi connectivity index (χ1) is 23.4. The van der Waals surface area contributed by atoms with Crippen molar-refractivity contribution >= 4 is 34.5 Å². The maximum Gasteiger partial charge on any atom is 0.270 e. The average Bonchev–Trinajstić information content (AvgIpc) is 3.06. The fraction of sp³-hybridized carbons (Fsp3) is 0.500. The Morgan fingerprint density at radius 3 is 2.35 bits per heavy atom. The predicted octanol–water partition coefficient (Wildman–Crippen LogP) is 3.09. The van der Waals surface area contributed by atoms with Crippen LogP contribution in [-0.2, 0) is 20.8 Å². The number of hydrogen-bond donors (Lipinski definition) is 5. The van der Waals surface area contributed by atoms with Gasteiger partial charge in [-0.25, -0.2) is 4.98 Å². The van der Waals surface area contributed by atoms with Crippen molar-refractivity contribution in [2.45, 2.75) is 95.5 Å². The van der Waals surface area contributed by atoms with Gasteiger partial charge >= 0.3 is 0 Å². The van der Waals surface area contributed by atoms with E-state index in [1.165, 1.54) is 6.42 Å². The van der Waals surface area contributed by atoms with E-state index in [1.54, 1.807) is 18.2 Å². The SMILES string of the molecule is CC(C)(C)NC(=O)[C@H]1C[C@@H]2CCCC[C@@H]2CN1C[C@@H](O)[C@H](Cc1ccccc1)NC(=O)[C@@H](CC(N)=O)NC(=O)c1ccc2ccccc2n1. The minimum atomic E-state index is -1.30. The molecule has 49 heavy (non-hydrogen) atoms. The number of benzene rings is 2. The smallest absolute Gasteiger partial charge is 0.270 e. The van der Waals surface area contributed by atoms with Gasteiger partial charge in [-0.3, -0.25) is 24.1 Å². The number of rotatable bonds is 12. The van der Waals surface area contributed by atoms with Crippen LogP contribution in [-0.4, -0.2) is 81.5 Å². The van der Waals surface area contributed by atoms with E-state index >= 15 is 0 Å². The molecule has 6 atom stereocenters. The maximum atomic E-state index is 13.8. The number of hydrogen-bond acceptors (Lipinski definition) is 7. The molecule has 1 aliphatic heterocycles. The van der Waals surface area contributed by atoms with Crippen molar-refractivity contribution in [2.24, 2.45) is 17.6 Å². The number of fused-ring (bicyclic) bond motifs is 2. The van der Waals surface area contributed by atoms with E-state index in [2.05, 4.69) is 25.8 Å². The van der Waals surface area contributed by atoms with Gasteiger partial charge in [-0.2, -0.15) is 0 Å². The van der Waals surface area contributed by atoms with Crippen LogP contribution in [0.2, 0.25) is 0 Å². The summed E-state index contributed by atoms with van der Waals surface area (Å²) in [5, 5.41) is 21.4. The van der Waals surface area contributed by atoms with Crippen molar-refractivity contribution in [3.8, 4) is 0 Å². The number of carbonyl (C=O) groups excluding carboxylic acids is 4. The van der Waals surface area contributed by atoms with Crippen LogP contribution in [0.25, 0.3) is 10.9 Å². The fourth-order valence-electron chi connectivity index (χ4n) is 7.26. The second-order valence-electron chi connectivity index (χ2n) is 14.7. The molecule has 6 N–H and O–H groups in total. The summed E-state index contributed by atoms with van der Waals surface area (Å²) >= 11 is 0. The molecule has 0 spiro atoms. The first-order valence-corrected chi connectivity index (χ1v) is 17.4. The molecule has 1 aromatic heterocycles. The Labute approximate surface area is 288 Å². The Hall–Kier alpha value is -4.35. The molecule has 2 aromatic carbocycles. The zero-order valence-corrected chi connectivity index (χ0v) is 28.7. The number of aliphatic hydroxyl groups excluding tert-OH is 1. The fourth-order valence-corrected chi connectivity index (χ4v) is 7.26. The predicted molar refractivity (Wildman–Crippen MR) is 188 cm³/mol. The van der Waals surface area contributed by atoms with Gasteiger partial charge in [-0.15, -0.1) is 0 Å². The number of aliphatic hydroxyl groups is 1. The summed E-state index contributed by atoms with van der Waals surface area (Å²) in [5.74, 6) is -1.20. The molecule has 0 unspecified atom stereocenters. The number of piperidine rings is 1. The number of pyridine rings is 1. The highest BCUT2D eigenvalue weighted by molar-refractivity contribution is 5.99. The highest BCUT2D eigenvalue weighted by atomic mass is 16.3. The molecular formula is C38H50N6O5. The van der Waals surface area contributed by atoms with Crippen LogP contribution < -0.4 is 21.7 Å². The minimum absolute atomic E-state index is 0.0566. The van der Waals surface area contributed by atoms with Crippen LogP contribution in [0.4, 0.5) is 0 Å². The third kappa shape index (κ3) is 9.86. The first-order valence-electron chi connectivity index (χ1n) is 17.4. The second kappa shape index (κ2) is 15.9. The summed E-state index contributed by atoms with van der Waals surface area (Å²) in [5.41, 5.74) is 6.70. The zero-order valence-electron chi connectivity index (χ0n) is 28.7. The van der Waals surface area contributed by atoms with Crippen LogP contribution >= 0.6 is 0 Å². The largest absolute Gasteiger partial charge is 0.390 e. The third-order valence-corrected chi connectivity index (χ3v) is 9.67. The van der Waals surface area contributed by atoms with Crippen molar-refractivity contribution < 1.29 is 24.3 Å². The summed E-state index contributed by atoms with van der Waals surface area (Å²) in [6.07, 6.45) is 4.03. The molecule has 0 bridgehead atoms. The molecular weight excluding hydrogens is 620 g/mol. The van der Waals surface area contributed by atoms with Gasteiger partial charge in [-0.1, -0.05) is 73.9 Å². The average molecular weight is 671 g/mol. The normalized spacial score (nSPS) is 21.5. The van der Waals surface area contributed by atoms with Gasteiger partial charge in [-0.05, 0) is 69.6 Å². The Morgan fingerprint density at radius 2 is 1.63 bits per heavy atom. The van der Waals surface area contributed by atoms with Crippen molar-refractivity contribution in [3.05, 3.63) is 78.0 Å². The summed E-state index contributed by atoms with van der Waals surface area (Å²) < 4.78 is 0. The number of para-hydroxylation sites is 1. The Morgan fingerprint density at radius 1 is 0.939 bits per heavy atom. The molecule has 2 fully saturated rings. The van der Waals surface area contributed by atoms with Gasteiger partial charge in [0, 0.05) is 24.0 Å². The molecule has 11 nitrogen and oxygen atoms in total. The summed E-state index contributed by atoms with van der Waals surface area (Å²) in [7, 11) is 0. The molecule has 262 valence electrons. The standard InChI is InChI=1S/C38H50N6O5/c1-38(2,3)43-37(49)32-20-26-14-7-8-15-27(26)22-44(32)23-33(45)30(19-24-11-5-4-6-12-24)41-36(48)31(21-34(39)46)42-35(47)29-18-17-25-13-9-10-16-28(25)40-29/h4-6,9-13,16-18,26-27,30-33,45H,7-8,14-15,19-23H2,1-3H3,(H2,39,46)(H,41,48)(H,42,47)(H,43,49)/t26-,27+,30-,31+,32+,33+/m0/s1. The van der Waals surface area contributed by atoms with Gasteiger partial charge in [0.05, 0.1) is 30.1 Å². The highest BCUT2D eigenvalue weighted by Crippen LogP contribution is 2.39. The molecule has 3 aromatic rings. The number of nitrogens with two attached hydrogens (primary N) is 1. The van der Waals surface area contributed by atoms with Crippen LogP contribution in [0, 0.1) is 11.8 Å². The number of β-amino-alcohol motifs (C(OH)–C–C–N with tert-alkyl or cyclic N) is 1. The highest BCUT2D eigenvalue weighted by Gasteiger charge is 2.42. The van der Waals surface area contributed by atoms with Crippen LogP contribution in [0.5, 0.6) is 0 Å². The third-order valence-electron chi connectivity index (χ3n) is 9.67. The number of aromatic nitrogens is 1. The summed E-state index contributed by atoms with van der Waals surface area (Å²) in [6, 6.07) is 17.6. The summed E-state index contributed by atoms with van der Waals surface area (Å²) in [6.45, 7) is 6.73. The van der Waals surface area contributed by atoms with E-state index in [1.807, 2.05) is 69.3 Å². The van der Waals surface area contributed by atoms with Crippen molar-refractivity contribution in [1.82, 2.24) is 25.8 Å². The lowest BCUT2D eigenvalue weighted by Crippen LogP contribution is -2.61. The van der Waals surface area contributed by atoms with Gasteiger partial charge < -0.3 is 26.8 Å². The lowest BCUT2D eigenvalue weighted by atomic mass is 9.72. The minimum Gasteiger partial charge on any atom is -0.390 e. The van der Waals surface area contributed by atoms with E-state index in [0.29, 0.717) is 23.9 Å². The molecule has 2 aliphatic rings. The number of primary amides is 1. The lowest BCUT2D eigenvalue weighted by molar-refractivity contribution is -0.133. The quantitative estimate of drug-likeness (QED) is 0.198. The number of nitrogens with one attached hydrogen (secondary N) is 3. The Balaban J connectivity index is 1.35. The monoisotopic (exact) mass is 670 g/mol. The molecule has 11 heteroatoms. The molecule has 1 saturated carbocycles. The molecule has 5 rings (SSSR count). The molecule has 1 saturated heterocycles.